The van der Waals surface area contributed by atoms with Crippen LogP contribution in [0.25, 0.3) is 0 Å². The molecule has 0 aromatic carbocycles. The number of rotatable bonds is 2. The summed E-state index contributed by atoms with van der Waals surface area (Å²) in [5.74, 6) is 0.0826. The van der Waals surface area contributed by atoms with Gasteiger partial charge in [0.05, 0.1) is 6.04 Å². The third-order valence-corrected chi connectivity index (χ3v) is 4.48. The van der Waals surface area contributed by atoms with Gasteiger partial charge in [-0.2, -0.15) is 0 Å². The van der Waals surface area contributed by atoms with Crippen LogP contribution >= 0.6 is 0 Å². The van der Waals surface area contributed by atoms with Crippen molar-refractivity contribution in [3.05, 3.63) is 0 Å². The Morgan fingerprint density at radius 3 is 2.70 bits per heavy atom. The molecule has 0 aliphatic carbocycles. The van der Waals surface area contributed by atoms with Gasteiger partial charge in [-0.1, -0.05) is 0 Å². The van der Waals surface area contributed by atoms with Crippen LogP contribution in [0.3, 0.4) is 0 Å². The standard InChI is InChI=1S/C13H23N5O2/c1-15-4-6-16(7-5-15)12(19)10-17-9-11-8-14-2-3-18(11)13(17)20/h11,14H,2-10H2,1H3. The molecule has 0 aromatic rings. The number of fused-ring (bicyclic) bond motifs is 1. The molecule has 3 aliphatic rings. The van der Waals surface area contributed by atoms with Gasteiger partial charge < -0.3 is 24.9 Å². The molecule has 7 heteroatoms. The van der Waals surface area contributed by atoms with E-state index in [1.807, 2.05) is 9.80 Å². The zero-order valence-corrected chi connectivity index (χ0v) is 12.0. The molecule has 112 valence electrons. The van der Waals surface area contributed by atoms with Crippen LogP contribution in [0.15, 0.2) is 0 Å². The predicted molar refractivity (Wildman–Crippen MR) is 74.4 cm³/mol. The summed E-state index contributed by atoms with van der Waals surface area (Å²) < 4.78 is 0. The number of urea groups is 1. The van der Waals surface area contributed by atoms with Gasteiger partial charge in [0.25, 0.3) is 0 Å². The summed E-state index contributed by atoms with van der Waals surface area (Å²) in [5.41, 5.74) is 0. The molecule has 3 amide bonds. The van der Waals surface area contributed by atoms with Crippen LogP contribution in [0.1, 0.15) is 0 Å². The first kappa shape index (κ1) is 13.6. The molecule has 1 N–H and O–H groups in total. The Kier molecular flexibility index (Phi) is 3.80. The van der Waals surface area contributed by atoms with Gasteiger partial charge in [-0.25, -0.2) is 4.79 Å². The second-order valence-corrected chi connectivity index (χ2v) is 5.90. The smallest absolute Gasteiger partial charge is 0.320 e. The van der Waals surface area contributed by atoms with E-state index < -0.39 is 0 Å². The van der Waals surface area contributed by atoms with Gasteiger partial charge in [0.15, 0.2) is 0 Å². The second kappa shape index (κ2) is 5.57. The lowest BCUT2D eigenvalue weighted by Crippen LogP contribution is -2.51. The van der Waals surface area contributed by atoms with Gasteiger partial charge in [-0.3, -0.25) is 4.79 Å². The fraction of sp³-hybridized carbons (Fsp3) is 0.846. The van der Waals surface area contributed by atoms with E-state index in [9.17, 15) is 9.59 Å². The highest BCUT2D eigenvalue weighted by Gasteiger charge is 2.39. The zero-order chi connectivity index (χ0) is 14.1. The van der Waals surface area contributed by atoms with E-state index in [1.165, 1.54) is 0 Å². The lowest BCUT2D eigenvalue weighted by molar-refractivity contribution is -0.133. The topological polar surface area (TPSA) is 59.1 Å². The minimum atomic E-state index is 0.0268. The monoisotopic (exact) mass is 281 g/mol. The molecule has 3 rings (SSSR count). The third kappa shape index (κ3) is 2.60. The largest absolute Gasteiger partial charge is 0.339 e. The number of nitrogens with zero attached hydrogens (tertiary/aromatic N) is 4. The molecule has 0 bridgehead atoms. The summed E-state index contributed by atoms with van der Waals surface area (Å²) in [6, 6.07) is 0.260. The van der Waals surface area contributed by atoms with Crippen LogP contribution in [0.2, 0.25) is 0 Å². The molecule has 3 heterocycles. The van der Waals surface area contributed by atoms with Gasteiger partial charge in [0.2, 0.25) is 5.91 Å². The highest BCUT2D eigenvalue weighted by Crippen LogP contribution is 2.17. The Balaban J connectivity index is 1.55. The molecule has 3 saturated heterocycles. The molecule has 20 heavy (non-hydrogen) atoms. The molecule has 0 aromatic heterocycles. The van der Waals surface area contributed by atoms with Crippen molar-refractivity contribution in [3.63, 3.8) is 0 Å². The van der Waals surface area contributed by atoms with E-state index >= 15 is 0 Å². The van der Waals surface area contributed by atoms with Crippen molar-refractivity contribution >= 4 is 11.9 Å². The Labute approximate surface area is 119 Å². The first-order valence-electron chi connectivity index (χ1n) is 7.38. The number of piperazine rings is 2. The quantitative estimate of drug-likeness (QED) is 0.667. The van der Waals surface area contributed by atoms with E-state index in [4.69, 9.17) is 0 Å². The van der Waals surface area contributed by atoms with Crippen LogP contribution in [0.4, 0.5) is 4.79 Å². The van der Waals surface area contributed by atoms with E-state index in [2.05, 4.69) is 17.3 Å². The van der Waals surface area contributed by atoms with Crippen molar-refractivity contribution in [1.82, 2.24) is 24.9 Å². The Morgan fingerprint density at radius 1 is 1.25 bits per heavy atom. The highest BCUT2D eigenvalue weighted by atomic mass is 16.2. The number of carbonyl (C=O) groups is 2. The van der Waals surface area contributed by atoms with Crippen molar-refractivity contribution in [2.45, 2.75) is 6.04 Å². The average molecular weight is 281 g/mol. The summed E-state index contributed by atoms with van der Waals surface area (Å²) in [6.45, 7) is 6.71. The maximum absolute atomic E-state index is 12.3. The predicted octanol–water partition coefficient (Wildman–Crippen LogP) is -1.53. The van der Waals surface area contributed by atoms with Gasteiger partial charge in [-0.15, -0.1) is 0 Å². The molecular formula is C13H23N5O2. The molecular weight excluding hydrogens is 258 g/mol. The molecule has 3 aliphatic heterocycles. The van der Waals surface area contributed by atoms with E-state index in [0.717, 1.165) is 45.8 Å². The summed E-state index contributed by atoms with van der Waals surface area (Å²) in [5, 5.41) is 3.30. The summed E-state index contributed by atoms with van der Waals surface area (Å²) in [4.78, 5) is 32.2. The summed E-state index contributed by atoms with van der Waals surface area (Å²) in [7, 11) is 2.07. The van der Waals surface area contributed by atoms with Gasteiger partial charge in [0.1, 0.15) is 6.54 Å². The normalized spacial score (nSPS) is 27.9. The van der Waals surface area contributed by atoms with Gasteiger partial charge in [0, 0.05) is 52.4 Å². The second-order valence-electron chi connectivity index (χ2n) is 5.90. The van der Waals surface area contributed by atoms with E-state index in [1.54, 1.807) is 4.90 Å². The lowest BCUT2D eigenvalue weighted by atomic mass is 10.2. The van der Waals surface area contributed by atoms with Crippen molar-refractivity contribution in [3.8, 4) is 0 Å². The number of hydrogen-bond donors (Lipinski definition) is 1. The van der Waals surface area contributed by atoms with Crippen LogP contribution < -0.4 is 5.32 Å². The number of nitrogens with one attached hydrogen (secondary N) is 1. The van der Waals surface area contributed by atoms with Gasteiger partial charge in [-0.05, 0) is 7.05 Å². The highest BCUT2D eigenvalue weighted by molar-refractivity contribution is 5.85. The molecule has 0 saturated carbocycles. The first-order chi connectivity index (χ1) is 9.65. The van der Waals surface area contributed by atoms with Crippen molar-refractivity contribution in [2.24, 2.45) is 0 Å². The maximum atomic E-state index is 12.3. The van der Waals surface area contributed by atoms with E-state index in [-0.39, 0.29) is 24.5 Å². The molecule has 1 unspecified atom stereocenters. The molecule has 0 radical (unpaired) electrons. The maximum Gasteiger partial charge on any atom is 0.320 e. The van der Waals surface area contributed by atoms with Crippen molar-refractivity contribution in [2.75, 3.05) is 66.0 Å². The average Bonchev–Trinajstić information content (AvgIpc) is 2.77. The Morgan fingerprint density at radius 2 is 2.00 bits per heavy atom. The molecule has 0 spiro atoms. The zero-order valence-electron chi connectivity index (χ0n) is 12.0. The molecule has 7 nitrogen and oxygen atoms in total. The fourth-order valence-corrected chi connectivity index (χ4v) is 3.14. The van der Waals surface area contributed by atoms with E-state index in [0.29, 0.717) is 6.54 Å². The Hall–Kier alpha value is -1.34. The van der Waals surface area contributed by atoms with Crippen LogP contribution in [-0.4, -0.2) is 104 Å². The number of amides is 3. The minimum Gasteiger partial charge on any atom is -0.339 e. The van der Waals surface area contributed by atoms with Crippen LogP contribution in [0.5, 0.6) is 0 Å². The summed E-state index contributed by atoms with van der Waals surface area (Å²) >= 11 is 0. The van der Waals surface area contributed by atoms with Crippen molar-refractivity contribution in [1.29, 1.82) is 0 Å². The number of hydrogen-bond acceptors (Lipinski definition) is 4. The fourth-order valence-electron chi connectivity index (χ4n) is 3.14. The van der Waals surface area contributed by atoms with Crippen LogP contribution in [0, 0.1) is 0 Å². The van der Waals surface area contributed by atoms with Crippen molar-refractivity contribution < 1.29 is 9.59 Å². The lowest BCUT2D eigenvalue weighted by Gasteiger charge is -2.33. The third-order valence-electron chi connectivity index (χ3n) is 4.48. The van der Waals surface area contributed by atoms with Crippen LogP contribution in [-0.2, 0) is 4.79 Å². The first-order valence-corrected chi connectivity index (χ1v) is 7.38. The Bertz CT molecular complexity index is 394. The molecule has 3 fully saturated rings. The number of carbonyl (C=O) groups excluding carboxylic acids is 2. The SMILES string of the molecule is CN1CCN(C(=O)CN2CC3CNCCN3C2=O)CC1. The van der Waals surface area contributed by atoms with Gasteiger partial charge >= 0.3 is 6.03 Å². The molecule has 1 atom stereocenters. The summed E-state index contributed by atoms with van der Waals surface area (Å²) in [6.07, 6.45) is 0. The minimum absolute atomic E-state index is 0.0268. The number of likely N-dealkylation sites (N-methyl/N-ethyl adjacent to an activating group) is 1.